The molecule has 0 aliphatic heterocycles. The van der Waals surface area contributed by atoms with Gasteiger partial charge in [0, 0.05) is 24.4 Å². The van der Waals surface area contributed by atoms with Crippen LogP contribution in [0.4, 0.5) is 5.82 Å². The van der Waals surface area contributed by atoms with Crippen molar-refractivity contribution in [2.45, 2.75) is 33.2 Å². The van der Waals surface area contributed by atoms with Crippen LogP contribution in [-0.2, 0) is 6.54 Å². The summed E-state index contributed by atoms with van der Waals surface area (Å²) in [5, 5.41) is 3.18. The Hall–Kier alpha value is -1.01. The molecule has 0 saturated carbocycles. The summed E-state index contributed by atoms with van der Waals surface area (Å²) in [6.45, 7) is 6.96. The van der Waals surface area contributed by atoms with Crippen molar-refractivity contribution >= 4 is 33.1 Å². The molecule has 0 radical (unpaired) electrons. The Bertz CT molecular complexity index is 568. The van der Waals surface area contributed by atoms with Crippen molar-refractivity contribution < 1.29 is 0 Å². The highest BCUT2D eigenvalue weighted by atomic mass is 79.9. The number of aromatic nitrogens is 3. The maximum absolute atomic E-state index is 4.60. The van der Waals surface area contributed by atoms with Crippen molar-refractivity contribution in [2.75, 3.05) is 11.9 Å². The lowest BCUT2D eigenvalue weighted by atomic mass is 10.2. The molecule has 0 N–H and O–H groups in total. The van der Waals surface area contributed by atoms with E-state index in [0.29, 0.717) is 5.92 Å². The summed E-state index contributed by atoms with van der Waals surface area (Å²) in [5.41, 5.74) is 1.07. The van der Waals surface area contributed by atoms with Crippen LogP contribution in [0, 0.1) is 6.92 Å². The summed E-state index contributed by atoms with van der Waals surface area (Å²) in [6.07, 6.45) is 0. The van der Waals surface area contributed by atoms with E-state index >= 15 is 0 Å². The molecule has 0 atom stereocenters. The third-order valence-electron chi connectivity index (χ3n) is 2.67. The van der Waals surface area contributed by atoms with Gasteiger partial charge in [0.2, 0.25) is 0 Å². The summed E-state index contributed by atoms with van der Waals surface area (Å²) >= 11 is 5.12. The number of halogens is 1. The zero-order valence-corrected chi connectivity index (χ0v) is 13.9. The van der Waals surface area contributed by atoms with Crippen LogP contribution in [0.1, 0.15) is 36.3 Å². The fraction of sp³-hybridized carbons (Fsp3) is 0.462. The number of aryl methyl sites for hydroxylation is 1. The fourth-order valence-corrected chi connectivity index (χ4v) is 2.67. The van der Waals surface area contributed by atoms with Gasteiger partial charge in [-0.05, 0) is 22.9 Å². The van der Waals surface area contributed by atoms with Gasteiger partial charge in [0.1, 0.15) is 16.2 Å². The van der Waals surface area contributed by atoms with E-state index in [4.69, 9.17) is 0 Å². The molecule has 0 spiro atoms. The van der Waals surface area contributed by atoms with Crippen LogP contribution in [0.2, 0.25) is 0 Å². The Morgan fingerprint density at radius 1 is 1.32 bits per heavy atom. The van der Waals surface area contributed by atoms with Crippen LogP contribution < -0.4 is 4.90 Å². The zero-order valence-electron chi connectivity index (χ0n) is 11.5. The van der Waals surface area contributed by atoms with Gasteiger partial charge >= 0.3 is 0 Å². The molecule has 0 fully saturated rings. The SMILES string of the molecule is Cc1nc(CN(C)c2cc(Br)nc(C(C)C)n2)cs1. The third-order valence-corrected chi connectivity index (χ3v) is 3.90. The summed E-state index contributed by atoms with van der Waals surface area (Å²) in [4.78, 5) is 15.6. The summed E-state index contributed by atoms with van der Waals surface area (Å²) in [7, 11) is 2.02. The second kappa shape index (κ2) is 5.96. The van der Waals surface area contributed by atoms with Crippen molar-refractivity contribution in [1.82, 2.24) is 15.0 Å². The van der Waals surface area contributed by atoms with Crippen LogP contribution in [-0.4, -0.2) is 22.0 Å². The number of nitrogens with zero attached hydrogens (tertiary/aromatic N) is 4. The molecule has 0 unspecified atom stereocenters. The van der Waals surface area contributed by atoms with Crippen molar-refractivity contribution in [3.05, 3.63) is 32.6 Å². The number of rotatable bonds is 4. The standard InChI is InChI=1S/C13H17BrN4S/c1-8(2)13-16-11(14)5-12(17-13)18(4)6-10-7-19-9(3)15-10/h5,7-8H,6H2,1-4H3. The average molecular weight is 341 g/mol. The van der Waals surface area contributed by atoms with E-state index in [9.17, 15) is 0 Å². The second-order valence-corrected chi connectivity index (χ2v) is 6.65. The molecule has 2 rings (SSSR count). The Morgan fingerprint density at radius 2 is 2.05 bits per heavy atom. The average Bonchev–Trinajstić information content (AvgIpc) is 2.73. The van der Waals surface area contributed by atoms with Crippen LogP contribution in [0.25, 0.3) is 0 Å². The molecular weight excluding hydrogens is 324 g/mol. The van der Waals surface area contributed by atoms with E-state index in [0.717, 1.165) is 33.5 Å². The van der Waals surface area contributed by atoms with Gasteiger partial charge in [0.25, 0.3) is 0 Å². The molecule has 6 heteroatoms. The first-order valence-electron chi connectivity index (χ1n) is 6.12. The van der Waals surface area contributed by atoms with Gasteiger partial charge in [-0.1, -0.05) is 13.8 Å². The first-order chi connectivity index (χ1) is 8.95. The summed E-state index contributed by atoms with van der Waals surface area (Å²) < 4.78 is 0.822. The van der Waals surface area contributed by atoms with E-state index in [1.807, 2.05) is 20.0 Å². The number of hydrogen-bond donors (Lipinski definition) is 0. The normalized spacial score (nSPS) is 11.1. The first kappa shape index (κ1) is 14.4. The Labute approximate surface area is 126 Å². The maximum Gasteiger partial charge on any atom is 0.134 e. The highest BCUT2D eigenvalue weighted by molar-refractivity contribution is 9.10. The minimum atomic E-state index is 0.311. The lowest BCUT2D eigenvalue weighted by Crippen LogP contribution is -2.19. The third kappa shape index (κ3) is 3.73. The van der Waals surface area contributed by atoms with Gasteiger partial charge in [0.15, 0.2) is 0 Å². The summed E-state index contributed by atoms with van der Waals surface area (Å²) in [5.74, 6) is 2.08. The molecule has 2 aromatic heterocycles. The molecule has 0 amide bonds. The molecule has 0 aliphatic carbocycles. The maximum atomic E-state index is 4.60. The molecule has 0 aromatic carbocycles. The number of anilines is 1. The first-order valence-corrected chi connectivity index (χ1v) is 7.79. The number of thiazole rings is 1. The minimum absolute atomic E-state index is 0.311. The molecule has 102 valence electrons. The Balaban J connectivity index is 2.20. The summed E-state index contributed by atoms with van der Waals surface area (Å²) in [6, 6.07) is 1.94. The quantitative estimate of drug-likeness (QED) is 0.794. The number of hydrogen-bond acceptors (Lipinski definition) is 5. The van der Waals surface area contributed by atoms with Crippen molar-refractivity contribution in [1.29, 1.82) is 0 Å². The van der Waals surface area contributed by atoms with Crippen molar-refractivity contribution in [3.63, 3.8) is 0 Å². The molecule has 0 saturated heterocycles. The monoisotopic (exact) mass is 340 g/mol. The molecule has 0 bridgehead atoms. The molecule has 2 heterocycles. The van der Waals surface area contributed by atoms with Crippen LogP contribution in [0.5, 0.6) is 0 Å². The molecule has 4 nitrogen and oxygen atoms in total. The highest BCUT2D eigenvalue weighted by Gasteiger charge is 2.11. The van der Waals surface area contributed by atoms with E-state index in [2.05, 4.69) is 55.0 Å². The van der Waals surface area contributed by atoms with Crippen LogP contribution in [0.3, 0.4) is 0 Å². The topological polar surface area (TPSA) is 41.9 Å². The van der Waals surface area contributed by atoms with Crippen LogP contribution >= 0.6 is 27.3 Å². The molecular formula is C13H17BrN4S. The van der Waals surface area contributed by atoms with E-state index in [-0.39, 0.29) is 0 Å². The fourth-order valence-electron chi connectivity index (χ4n) is 1.68. The predicted octanol–water partition coefficient (Wildman–Crippen LogP) is 3.76. The predicted molar refractivity (Wildman–Crippen MR) is 82.8 cm³/mol. The largest absolute Gasteiger partial charge is 0.354 e. The van der Waals surface area contributed by atoms with Gasteiger partial charge in [-0.3, -0.25) is 0 Å². The lowest BCUT2D eigenvalue weighted by Gasteiger charge is -2.18. The Kier molecular flexibility index (Phi) is 4.52. The Morgan fingerprint density at radius 3 is 2.63 bits per heavy atom. The smallest absolute Gasteiger partial charge is 0.134 e. The van der Waals surface area contributed by atoms with Gasteiger partial charge in [-0.25, -0.2) is 15.0 Å². The van der Waals surface area contributed by atoms with Crippen LogP contribution in [0.15, 0.2) is 16.0 Å². The van der Waals surface area contributed by atoms with Gasteiger partial charge in [-0.15, -0.1) is 11.3 Å². The van der Waals surface area contributed by atoms with E-state index < -0.39 is 0 Å². The molecule has 0 aliphatic rings. The van der Waals surface area contributed by atoms with E-state index in [1.54, 1.807) is 11.3 Å². The minimum Gasteiger partial charge on any atom is -0.354 e. The van der Waals surface area contributed by atoms with Gasteiger partial charge in [-0.2, -0.15) is 0 Å². The van der Waals surface area contributed by atoms with Gasteiger partial charge < -0.3 is 4.90 Å². The molecule has 2 aromatic rings. The zero-order chi connectivity index (χ0) is 14.0. The lowest BCUT2D eigenvalue weighted by molar-refractivity contribution is 0.755. The van der Waals surface area contributed by atoms with Gasteiger partial charge in [0.05, 0.1) is 17.2 Å². The highest BCUT2D eigenvalue weighted by Crippen LogP contribution is 2.21. The molecule has 19 heavy (non-hydrogen) atoms. The van der Waals surface area contributed by atoms with Crippen molar-refractivity contribution in [3.8, 4) is 0 Å². The second-order valence-electron chi connectivity index (χ2n) is 4.78. The van der Waals surface area contributed by atoms with E-state index in [1.165, 1.54) is 0 Å². The van der Waals surface area contributed by atoms with Crippen molar-refractivity contribution in [2.24, 2.45) is 0 Å².